The molecule has 0 saturated heterocycles. The molecule has 1 aromatic carbocycles. The van der Waals surface area contributed by atoms with Crippen LogP contribution in [-0.4, -0.2) is 16.8 Å². The summed E-state index contributed by atoms with van der Waals surface area (Å²) in [4.78, 5) is 0. The third kappa shape index (κ3) is 2.56. The number of halogens is 1. The van der Waals surface area contributed by atoms with Crippen molar-refractivity contribution < 1.29 is 4.39 Å². The van der Waals surface area contributed by atoms with Crippen LogP contribution in [0.1, 0.15) is 28.1 Å². The number of nitrogens with zero attached hydrogens (tertiary/aromatic N) is 3. The Labute approximate surface area is 117 Å². The molecule has 20 heavy (non-hydrogen) atoms. The van der Waals surface area contributed by atoms with Crippen molar-refractivity contribution in [2.24, 2.45) is 0 Å². The van der Waals surface area contributed by atoms with Gasteiger partial charge in [0.25, 0.3) is 0 Å². The summed E-state index contributed by atoms with van der Waals surface area (Å²) in [6.07, 6.45) is 0. The molecule has 104 valence electrons. The molecular formula is C15H17FN4. The molecule has 0 fully saturated rings. The number of hydrogen-bond donors (Lipinski definition) is 1. The summed E-state index contributed by atoms with van der Waals surface area (Å²) in [5.74, 6) is -0.460. The summed E-state index contributed by atoms with van der Waals surface area (Å²) in [6, 6.07) is 6.71. The third-order valence-electron chi connectivity index (χ3n) is 3.40. The first kappa shape index (κ1) is 14.2. The van der Waals surface area contributed by atoms with E-state index in [-0.39, 0.29) is 5.56 Å². The summed E-state index contributed by atoms with van der Waals surface area (Å²) in [5.41, 5.74) is 3.63. The molecule has 0 aliphatic heterocycles. The van der Waals surface area contributed by atoms with Gasteiger partial charge in [-0.1, -0.05) is 12.1 Å². The van der Waals surface area contributed by atoms with E-state index in [0.717, 1.165) is 23.5 Å². The Kier molecular flexibility index (Phi) is 4.16. The lowest BCUT2D eigenvalue weighted by Crippen LogP contribution is -2.09. The van der Waals surface area contributed by atoms with Gasteiger partial charge < -0.3 is 5.32 Å². The molecule has 1 aromatic heterocycles. The van der Waals surface area contributed by atoms with Crippen molar-refractivity contribution in [2.45, 2.75) is 26.9 Å². The van der Waals surface area contributed by atoms with E-state index in [9.17, 15) is 4.39 Å². The van der Waals surface area contributed by atoms with Gasteiger partial charge in [0.05, 0.1) is 17.8 Å². The van der Waals surface area contributed by atoms with Crippen molar-refractivity contribution in [3.05, 3.63) is 52.1 Å². The van der Waals surface area contributed by atoms with E-state index in [1.54, 1.807) is 16.8 Å². The van der Waals surface area contributed by atoms with Crippen molar-refractivity contribution >= 4 is 0 Å². The van der Waals surface area contributed by atoms with Gasteiger partial charge in [0, 0.05) is 23.4 Å². The normalized spacial score (nSPS) is 10.6. The Hall–Kier alpha value is -2.19. The number of nitriles is 1. The SMILES string of the molecule is CNCc1c(C)nn(Cc2cccc(C#N)c2F)c1C. The minimum absolute atomic E-state index is 0.0690. The lowest BCUT2D eigenvalue weighted by atomic mass is 10.1. The van der Waals surface area contributed by atoms with E-state index in [1.807, 2.05) is 27.0 Å². The molecule has 0 aliphatic rings. The highest BCUT2D eigenvalue weighted by Crippen LogP contribution is 2.17. The molecule has 5 heteroatoms. The van der Waals surface area contributed by atoms with Crippen LogP contribution in [0.3, 0.4) is 0 Å². The number of rotatable bonds is 4. The van der Waals surface area contributed by atoms with Crippen molar-refractivity contribution in [2.75, 3.05) is 7.05 Å². The Bertz CT molecular complexity index is 667. The average molecular weight is 272 g/mol. The van der Waals surface area contributed by atoms with Crippen LogP contribution < -0.4 is 5.32 Å². The van der Waals surface area contributed by atoms with E-state index >= 15 is 0 Å². The zero-order valence-corrected chi connectivity index (χ0v) is 11.9. The zero-order valence-electron chi connectivity index (χ0n) is 11.9. The van der Waals surface area contributed by atoms with Crippen molar-refractivity contribution in [1.29, 1.82) is 5.26 Å². The molecule has 1 N–H and O–H groups in total. The van der Waals surface area contributed by atoms with Gasteiger partial charge in [-0.15, -0.1) is 0 Å². The van der Waals surface area contributed by atoms with E-state index in [4.69, 9.17) is 5.26 Å². The molecular weight excluding hydrogens is 255 g/mol. The van der Waals surface area contributed by atoms with E-state index in [2.05, 4.69) is 10.4 Å². The van der Waals surface area contributed by atoms with Crippen molar-refractivity contribution in [3.63, 3.8) is 0 Å². The highest BCUT2D eigenvalue weighted by Gasteiger charge is 2.13. The molecule has 0 spiro atoms. The maximum atomic E-state index is 14.1. The maximum Gasteiger partial charge on any atom is 0.146 e. The highest BCUT2D eigenvalue weighted by atomic mass is 19.1. The first-order valence-electron chi connectivity index (χ1n) is 6.43. The summed E-state index contributed by atoms with van der Waals surface area (Å²) in [5, 5.41) is 16.4. The van der Waals surface area contributed by atoms with Gasteiger partial charge in [-0.05, 0) is 27.0 Å². The summed E-state index contributed by atoms with van der Waals surface area (Å²) >= 11 is 0. The minimum Gasteiger partial charge on any atom is -0.316 e. The topological polar surface area (TPSA) is 53.6 Å². The van der Waals surface area contributed by atoms with Crippen LogP contribution in [0.2, 0.25) is 0 Å². The second-order valence-corrected chi connectivity index (χ2v) is 4.73. The van der Waals surface area contributed by atoms with Gasteiger partial charge in [-0.3, -0.25) is 4.68 Å². The fourth-order valence-corrected chi connectivity index (χ4v) is 2.27. The van der Waals surface area contributed by atoms with Crippen LogP contribution in [0.5, 0.6) is 0 Å². The monoisotopic (exact) mass is 272 g/mol. The van der Waals surface area contributed by atoms with Gasteiger partial charge in [0.2, 0.25) is 0 Å². The largest absolute Gasteiger partial charge is 0.316 e. The second kappa shape index (κ2) is 5.85. The van der Waals surface area contributed by atoms with Gasteiger partial charge in [0.1, 0.15) is 11.9 Å². The molecule has 0 radical (unpaired) electrons. The number of benzene rings is 1. The number of aryl methyl sites for hydroxylation is 1. The fraction of sp³-hybridized carbons (Fsp3) is 0.333. The number of hydrogen-bond acceptors (Lipinski definition) is 3. The average Bonchev–Trinajstić information content (AvgIpc) is 2.69. The Balaban J connectivity index is 2.36. The van der Waals surface area contributed by atoms with Gasteiger partial charge in [-0.25, -0.2) is 4.39 Å². The van der Waals surface area contributed by atoms with Crippen LogP contribution in [-0.2, 0) is 13.1 Å². The molecule has 0 aliphatic carbocycles. The summed E-state index contributed by atoms with van der Waals surface area (Å²) in [6.45, 7) is 4.98. The predicted molar refractivity (Wildman–Crippen MR) is 74.7 cm³/mol. The van der Waals surface area contributed by atoms with E-state index in [0.29, 0.717) is 12.1 Å². The van der Waals surface area contributed by atoms with Crippen LogP contribution in [0.15, 0.2) is 18.2 Å². The molecule has 4 nitrogen and oxygen atoms in total. The molecule has 0 amide bonds. The molecule has 0 atom stereocenters. The Morgan fingerprint density at radius 1 is 1.40 bits per heavy atom. The van der Waals surface area contributed by atoms with Crippen LogP contribution >= 0.6 is 0 Å². The molecule has 0 saturated carbocycles. The van der Waals surface area contributed by atoms with E-state index < -0.39 is 5.82 Å². The third-order valence-corrected chi connectivity index (χ3v) is 3.40. The zero-order chi connectivity index (χ0) is 14.7. The van der Waals surface area contributed by atoms with Crippen LogP contribution in [0.4, 0.5) is 4.39 Å². The van der Waals surface area contributed by atoms with Gasteiger partial charge in [0.15, 0.2) is 0 Å². The van der Waals surface area contributed by atoms with Crippen LogP contribution in [0.25, 0.3) is 0 Å². The maximum absolute atomic E-state index is 14.1. The minimum atomic E-state index is -0.460. The number of aromatic nitrogens is 2. The smallest absolute Gasteiger partial charge is 0.146 e. The molecule has 0 unspecified atom stereocenters. The van der Waals surface area contributed by atoms with Crippen molar-refractivity contribution in [1.82, 2.24) is 15.1 Å². The molecule has 1 heterocycles. The Morgan fingerprint density at radius 3 is 2.80 bits per heavy atom. The predicted octanol–water partition coefficient (Wildman–Crippen LogP) is 2.28. The lowest BCUT2D eigenvalue weighted by molar-refractivity contribution is 0.575. The van der Waals surface area contributed by atoms with E-state index in [1.165, 1.54) is 6.07 Å². The highest BCUT2D eigenvalue weighted by molar-refractivity contribution is 5.35. The Morgan fingerprint density at radius 2 is 2.15 bits per heavy atom. The molecule has 0 bridgehead atoms. The van der Waals surface area contributed by atoms with Gasteiger partial charge in [-0.2, -0.15) is 10.4 Å². The fourth-order valence-electron chi connectivity index (χ4n) is 2.27. The standard InChI is InChI=1S/C15H17FN4/c1-10-14(8-18-3)11(2)20(19-10)9-13-6-4-5-12(7-17)15(13)16/h4-6,18H,8-9H2,1-3H3. The molecule has 2 aromatic rings. The first-order chi connectivity index (χ1) is 9.58. The lowest BCUT2D eigenvalue weighted by Gasteiger charge is -2.07. The van der Waals surface area contributed by atoms with Crippen molar-refractivity contribution in [3.8, 4) is 6.07 Å². The van der Waals surface area contributed by atoms with Crippen LogP contribution in [0, 0.1) is 31.0 Å². The van der Waals surface area contributed by atoms with Gasteiger partial charge >= 0.3 is 0 Å². The second-order valence-electron chi connectivity index (χ2n) is 4.73. The first-order valence-corrected chi connectivity index (χ1v) is 6.43. The quantitative estimate of drug-likeness (QED) is 0.929. The number of nitrogens with one attached hydrogen (secondary N) is 1. The summed E-state index contributed by atoms with van der Waals surface area (Å²) in [7, 11) is 1.88. The molecule has 2 rings (SSSR count). The summed E-state index contributed by atoms with van der Waals surface area (Å²) < 4.78 is 15.8.